The van der Waals surface area contributed by atoms with E-state index >= 15 is 0 Å². The Hall–Kier alpha value is -3.93. The van der Waals surface area contributed by atoms with Gasteiger partial charge in [-0.3, -0.25) is 14.4 Å². The summed E-state index contributed by atoms with van der Waals surface area (Å²) in [6.07, 6.45) is 63.6. The van der Waals surface area contributed by atoms with E-state index in [1.165, 1.54) is 44.9 Å². The first kappa shape index (κ1) is 56.1. The molecule has 6 nitrogen and oxygen atoms in total. The Morgan fingerprint density at radius 2 is 0.750 bits per heavy atom. The van der Waals surface area contributed by atoms with E-state index in [4.69, 9.17) is 14.2 Å². The van der Waals surface area contributed by atoms with Crippen molar-refractivity contribution in [2.24, 2.45) is 0 Å². The summed E-state index contributed by atoms with van der Waals surface area (Å²) >= 11 is 0. The van der Waals surface area contributed by atoms with E-state index in [0.29, 0.717) is 12.8 Å². The Kier molecular flexibility index (Phi) is 44.6. The zero-order chi connectivity index (χ0) is 43.7. The molecule has 0 saturated heterocycles. The molecule has 6 heteroatoms. The van der Waals surface area contributed by atoms with Crippen LogP contribution in [0.15, 0.2) is 109 Å². The van der Waals surface area contributed by atoms with Crippen molar-refractivity contribution in [1.29, 1.82) is 0 Å². The van der Waals surface area contributed by atoms with Crippen LogP contribution in [0.3, 0.4) is 0 Å². The van der Waals surface area contributed by atoms with E-state index in [-0.39, 0.29) is 44.0 Å². The second-order valence-corrected chi connectivity index (χ2v) is 15.4. The van der Waals surface area contributed by atoms with Crippen LogP contribution in [-0.2, 0) is 28.6 Å². The average Bonchev–Trinajstić information content (AvgIpc) is 3.24. The van der Waals surface area contributed by atoms with Gasteiger partial charge >= 0.3 is 17.9 Å². The number of allylic oxidation sites excluding steroid dienone is 18. The lowest BCUT2D eigenvalue weighted by molar-refractivity contribution is -0.167. The van der Waals surface area contributed by atoms with Gasteiger partial charge in [0.1, 0.15) is 13.2 Å². The van der Waals surface area contributed by atoms with Crippen molar-refractivity contribution in [2.75, 3.05) is 13.2 Å². The van der Waals surface area contributed by atoms with Crippen molar-refractivity contribution in [1.82, 2.24) is 0 Å². The van der Waals surface area contributed by atoms with Gasteiger partial charge in [-0.15, -0.1) is 0 Å². The molecule has 0 N–H and O–H groups in total. The summed E-state index contributed by atoms with van der Waals surface area (Å²) in [6.45, 7) is 6.28. The third-order valence-corrected chi connectivity index (χ3v) is 9.62. The van der Waals surface area contributed by atoms with E-state index in [1.807, 2.05) is 24.3 Å². The quantitative estimate of drug-likeness (QED) is 0.0201. The molecule has 0 aromatic carbocycles. The largest absolute Gasteiger partial charge is 0.462 e. The highest BCUT2D eigenvalue weighted by molar-refractivity contribution is 5.71. The minimum Gasteiger partial charge on any atom is -0.462 e. The van der Waals surface area contributed by atoms with Crippen LogP contribution in [0, 0.1) is 0 Å². The molecule has 0 aromatic heterocycles. The van der Waals surface area contributed by atoms with Gasteiger partial charge in [0.2, 0.25) is 0 Å². The van der Waals surface area contributed by atoms with E-state index in [2.05, 4.69) is 106 Å². The lowest BCUT2D eigenvalue weighted by Gasteiger charge is -2.18. The fraction of sp³-hybridized carbons (Fsp3) is 0.611. The predicted molar refractivity (Wildman–Crippen MR) is 256 cm³/mol. The van der Waals surface area contributed by atoms with Crippen LogP contribution < -0.4 is 0 Å². The molecule has 0 aromatic rings. The minimum absolute atomic E-state index is 0.107. The fourth-order valence-corrected chi connectivity index (χ4v) is 6.07. The van der Waals surface area contributed by atoms with Crippen LogP contribution in [0.5, 0.6) is 0 Å². The molecule has 0 amide bonds. The number of ether oxygens (including phenoxy) is 3. The molecule has 0 aliphatic carbocycles. The van der Waals surface area contributed by atoms with E-state index < -0.39 is 6.10 Å². The second-order valence-electron chi connectivity index (χ2n) is 15.4. The van der Waals surface area contributed by atoms with Crippen LogP contribution in [0.25, 0.3) is 0 Å². The maximum Gasteiger partial charge on any atom is 0.306 e. The fourth-order valence-electron chi connectivity index (χ4n) is 6.07. The van der Waals surface area contributed by atoms with Gasteiger partial charge in [-0.2, -0.15) is 0 Å². The van der Waals surface area contributed by atoms with Gasteiger partial charge in [0.05, 0.1) is 0 Å². The first-order chi connectivity index (χ1) is 29.5. The minimum atomic E-state index is -0.812. The topological polar surface area (TPSA) is 78.9 Å². The monoisotopic (exact) mass is 831 g/mol. The summed E-state index contributed by atoms with van der Waals surface area (Å²) in [7, 11) is 0. The molecule has 1 atom stereocenters. The first-order valence-electron chi connectivity index (χ1n) is 23.9. The van der Waals surface area contributed by atoms with E-state index in [1.54, 1.807) is 0 Å². The lowest BCUT2D eigenvalue weighted by Crippen LogP contribution is -2.30. The zero-order valence-corrected chi connectivity index (χ0v) is 38.4. The first-order valence-corrected chi connectivity index (χ1v) is 23.9. The molecule has 0 spiro atoms. The van der Waals surface area contributed by atoms with Gasteiger partial charge in [-0.25, -0.2) is 0 Å². The lowest BCUT2D eigenvalue weighted by atomic mass is 10.1. The smallest absolute Gasteiger partial charge is 0.306 e. The number of unbranched alkanes of at least 4 members (excludes halogenated alkanes) is 15. The molecule has 338 valence electrons. The molecule has 0 aliphatic heterocycles. The van der Waals surface area contributed by atoms with Gasteiger partial charge in [-0.1, -0.05) is 207 Å². The van der Waals surface area contributed by atoms with Crippen LogP contribution in [0.1, 0.15) is 194 Å². The van der Waals surface area contributed by atoms with Gasteiger partial charge in [0, 0.05) is 19.3 Å². The number of hydrogen-bond donors (Lipinski definition) is 0. The standard InChI is InChI=1S/C54H86O6/c1-4-7-10-13-16-19-22-24-26-27-29-30-32-35-38-41-44-47-53(56)59-50-51(49-58-52(55)46-43-40-37-34-21-18-15-12-9-6-3)60-54(57)48-45-42-39-36-33-31-28-25-23-20-17-14-11-8-5-2/h7-8,10-11,14,16-17,19-20,23-26,28-30,35,38,51H,4-6,9,12-13,15,18,21-22,27,31-34,36-37,39-50H2,1-3H3/b10-7-,11-8-,17-14-,19-16-,23-20-,26-24-,28-25-,30-29-,38-35-. The molecule has 0 radical (unpaired) electrons. The Balaban J connectivity index is 4.53. The van der Waals surface area contributed by atoms with E-state index in [0.717, 1.165) is 103 Å². The molecule has 0 bridgehead atoms. The number of rotatable bonds is 41. The zero-order valence-electron chi connectivity index (χ0n) is 38.4. The van der Waals surface area contributed by atoms with Crippen molar-refractivity contribution in [3.63, 3.8) is 0 Å². The van der Waals surface area contributed by atoms with Crippen molar-refractivity contribution in [3.8, 4) is 0 Å². The van der Waals surface area contributed by atoms with Crippen LogP contribution >= 0.6 is 0 Å². The molecular formula is C54H86O6. The third kappa shape index (κ3) is 45.2. The van der Waals surface area contributed by atoms with Crippen LogP contribution in [-0.4, -0.2) is 37.2 Å². The number of esters is 3. The van der Waals surface area contributed by atoms with E-state index in [9.17, 15) is 14.4 Å². The highest BCUT2D eigenvalue weighted by atomic mass is 16.6. The molecule has 60 heavy (non-hydrogen) atoms. The van der Waals surface area contributed by atoms with Crippen molar-refractivity contribution in [2.45, 2.75) is 200 Å². The molecule has 0 rings (SSSR count). The number of carbonyl (C=O) groups excluding carboxylic acids is 3. The second kappa shape index (κ2) is 47.7. The summed E-state index contributed by atoms with van der Waals surface area (Å²) in [5.41, 5.74) is 0. The molecule has 0 heterocycles. The number of carbonyl (C=O) groups is 3. The predicted octanol–water partition coefficient (Wildman–Crippen LogP) is 15.6. The molecule has 0 aliphatic rings. The van der Waals surface area contributed by atoms with Crippen molar-refractivity contribution in [3.05, 3.63) is 109 Å². The van der Waals surface area contributed by atoms with Gasteiger partial charge in [0.15, 0.2) is 6.10 Å². The Morgan fingerprint density at radius 1 is 0.367 bits per heavy atom. The molecule has 0 fully saturated rings. The van der Waals surface area contributed by atoms with Gasteiger partial charge < -0.3 is 14.2 Å². The Labute approximate surface area is 368 Å². The molecule has 1 unspecified atom stereocenters. The van der Waals surface area contributed by atoms with Crippen LogP contribution in [0.2, 0.25) is 0 Å². The summed E-state index contributed by atoms with van der Waals surface area (Å²) in [5, 5.41) is 0. The molecular weight excluding hydrogens is 745 g/mol. The average molecular weight is 831 g/mol. The third-order valence-electron chi connectivity index (χ3n) is 9.62. The van der Waals surface area contributed by atoms with Gasteiger partial charge in [0.25, 0.3) is 0 Å². The SMILES string of the molecule is CC\C=C/C=C\C=C/C=C\CCCCCCCC(=O)OC(COC(=O)CCC/C=C\C/C=C\C/C=C\C/C=C\C/C=C\CC)COC(=O)CCCCCCCCCCCC. The number of hydrogen-bond acceptors (Lipinski definition) is 6. The van der Waals surface area contributed by atoms with Crippen LogP contribution in [0.4, 0.5) is 0 Å². The van der Waals surface area contributed by atoms with Crippen molar-refractivity contribution >= 4 is 17.9 Å². The molecule has 0 saturated carbocycles. The summed E-state index contributed by atoms with van der Waals surface area (Å²) in [4.78, 5) is 37.8. The summed E-state index contributed by atoms with van der Waals surface area (Å²) in [6, 6.07) is 0. The van der Waals surface area contributed by atoms with Gasteiger partial charge in [-0.05, 0) is 77.0 Å². The Bertz CT molecular complexity index is 1280. The van der Waals surface area contributed by atoms with Crippen molar-refractivity contribution < 1.29 is 28.6 Å². The maximum atomic E-state index is 12.7. The normalized spacial score (nSPS) is 13.1. The Morgan fingerprint density at radius 3 is 1.27 bits per heavy atom. The maximum absolute atomic E-state index is 12.7. The highest BCUT2D eigenvalue weighted by Gasteiger charge is 2.19. The summed E-state index contributed by atoms with van der Waals surface area (Å²) < 4.78 is 16.7. The highest BCUT2D eigenvalue weighted by Crippen LogP contribution is 2.13. The summed E-state index contributed by atoms with van der Waals surface area (Å²) in [5.74, 6) is -1.00.